The van der Waals surface area contributed by atoms with Crippen LogP contribution in [0.25, 0.3) is 0 Å². The maximum Gasteiger partial charge on any atom is 0.240 e. The molecule has 1 aliphatic heterocycles. The molecule has 1 aliphatic rings. The average Bonchev–Trinajstić information content (AvgIpc) is 2.84. The molecule has 0 radical (unpaired) electrons. The van der Waals surface area contributed by atoms with Crippen molar-refractivity contribution in [2.45, 2.75) is 29.4 Å². The molecule has 1 atom stereocenters. The summed E-state index contributed by atoms with van der Waals surface area (Å²) in [6.45, 7) is 2.58. The van der Waals surface area contributed by atoms with E-state index in [1.165, 1.54) is 18.3 Å². The van der Waals surface area contributed by atoms with Gasteiger partial charge in [0.05, 0.1) is 4.90 Å². The molecule has 0 amide bonds. The summed E-state index contributed by atoms with van der Waals surface area (Å²) in [7, 11) is -1.75. The number of aromatic nitrogens is 1. The summed E-state index contributed by atoms with van der Waals surface area (Å²) in [5.41, 5.74) is 0. The van der Waals surface area contributed by atoms with Crippen molar-refractivity contribution in [3.8, 4) is 0 Å². The third kappa shape index (κ3) is 3.61. The van der Waals surface area contributed by atoms with Crippen molar-refractivity contribution < 1.29 is 8.42 Å². The Morgan fingerprint density at radius 1 is 1.53 bits per heavy atom. The minimum atomic E-state index is -3.46. The third-order valence-electron chi connectivity index (χ3n) is 3.23. The van der Waals surface area contributed by atoms with Crippen LogP contribution in [0, 0.1) is 0 Å². The van der Waals surface area contributed by atoms with E-state index in [4.69, 9.17) is 0 Å². The van der Waals surface area contributed by atoms with Gasteiger partial charge in [0.1, 0.15) is 5.82 Å². The number of thioether (sulfide) groups is 1. The van der Waals surface area contributed by atoms with E-state index in [1.54, 1.807) is 7.05 Å². The number of nitrogens with zero attached hydrogens (tertiary/aromatic N) is 1. The zero-order valence-corrected chi connectivity index (χ0v) is 12.8. The van der Waals surface area contributed by atoms with Crippen molar-refractivity contribution in [2.75, 3.05) is 24.7 Å². The second-order valence-corrected chi connectivity index (χ2v) is 8.30. The highest BCUT2D eigenvalue weighted by atomic mass is 32.2. The zero-order valence-electron chi connectivity index (χ0n) is 11.1. The van der Waals surface area contributed by atoms with E-state index in [0.29, 0.717) is 12.4 Å². The summed E-state index contributed by atoms with van der Waals surface area (Å²) in [5.74, 6) is 1.65. The van der Waals surface area contributed by atoms with Gasteiger partial charge in [0, 0.05) is 30.6 Å². The standard InChI is InChI=1S/C12H19N3O2S2/c1-12(5-3-7-18-12)9-15-19(16,17)10-4-6-14-11(8-10)13-2/h4,6,8,15H,3,5,7,9H2,1-2H3,(H,13,14). The molecule has 0 bridgehead atoms. The van der Waals surface area contributed by atoms with E-state index in [9.17, 15) is 8.42 Å². The van der Waals surface area contributed by atoms with E-state index in [0.717, 1.165) is 18.6 Å². The van der Waals surface area contributed by atoms with Crippen molar-refractivity contribution >= 4 is 27.6 Å². The van der Waals surface area contributed by atoms with Crippen LogP contribution in [0.5, 0.6) is 0 Å². The molecule has 19 heavy (non-hydrogen) atoms. The Kier molecular flexibility index (Phi) is 4.37. The largest absolute Gasteiger partial charge is 0.373 e. The molecule has 1 aromatic heterocycles. The van der Waals surface area contributed by atoms with Crippen LogP contribution in [0.3, 0.4) is 0 Å². The average molecular weight is 301 g/mol. The van der Waals surface area contributed by atoms with Gasteiger partial charge < -0.3 is 5.32 Å². The molecule has 0 spiro atoms. The highest BCUT2D eigenvalue weighted by Crippen LogP contribution is 2.37. The summed E-state index contributed by atoms with van der Waals surface area (Å²) < 4.78 is 27.2. The lowest BCUT2D eigenvalue weighted by molar-refractivity contribution is 0.552. The fourth-order valence-electron chi connectivity index (χ4n) is 2.02. The molecule has 0 saturated carbocycles. The van der Waals surface area contributed by atoms with Crippen LogP contribution in [0.15, 0.2) is 23.2 Å². The molecule has 0 aromatic carbocycles. The van der Waals surface area contributed by atoms with E-state index < -0.39 is 10.0 Å². The summed E-state index contributed by atoms with van der Waals surface area (Å²) in [4.78, 5) is 4.26. The van der Waals surface area contributed by atoms with Crippen LogP contribution in [0.2, 0.25) is 0 Å². The second-order valence-electron chi connectivity index (χ2n) is 4.85. The van der Waals surface area contributed by atoms with Crippen molar-refractivity contribution in [3.05, 3.63) is 18.3 Å². The first-order valence-corrected chi connectivity index (χ1v) is 8.69. The van der Waals surface area contributed by atoms with Crippen LogP contribution in [0.1, 0.15) is 19.8 Å². The predicted molar refractivity (Wildman–Crippen MR) is 79.1 cm³/mol. The SMILES string of the molecule is CNc1cc(S(=O)(=O)NCC2(C)CCCS2)ccn1. The Bertz CT molecular complexity index is 540. The molecule has 0 aliphatic carbocycles. The van der Waals surface area contributed by atoms with Gasteiger partial charge in [-0.15, -0.1) is 0 Å². The molecule has 2 rings (SSSR count). The lowest BCUT2D eigenvalue weighted by atomic mass is 10.1. The summed E-state index contributed by atoms with van der Waals surface area (Å²) in [6.07, 6.45) is 3.70. The third-order valence-corrected chi connectivity index (χ3v) is 6.17. The van der Waals surface area contributed by atoms with Gasteiger partial charge in [-0.2, -0.15) is 11.8 Å². The maximum absolute atomic E-state index is 12.2. The first-order valence-electron chi connectivity index (χ1n) is 6.23. The smallest absolute Gasteiger partial charge is 0.240 e. The quantitative estimate of drug-likeness (QED) is 0.866. The van der Waals surface area contributed by atoms with Gasteiger partial charge in [0.15, 0.2) is 0 Å². The lowest BCUT2D eigenvalue weighted by Crippen LogP contribution is -2.36. The van der Waals surface area contributed by atoms with Gasteiger partial charge in [0.2, 0.25) is 10.0 Å². The summed E-state index contributed by atoms with van der Waals surface area (Å²) >= 11 is 1.84. The van der Waals surface area contributed by atoms with Crippen molar-refractivity contribution in [3.63, 3.8) is 0 Å². The van der Waals surface area contributed by atoms with Crippen LogP contribution < -0.4 is 10.0 Å². The first-order chi connectivity index (χ1) is 8.95. The van der Waals surface area contributed by atoms with Crippen LogP contribution >= 0.6 is 11.8 Å². The lowest BCUT2D eigenvalue weighted by Gasteiger charge is -2.22. The Hall–Kier alpha value is -0.790. The second kappa shape index (κ2) is 5.68. The van der Waals surface area contributed by atoms with Crippen molar-refractivity contribution in [1.82, 2.24) is 9.71 Å². The normalized spacial score (nSPS) is 23.5. The highest BCUT2D eigenvalue weighted by Gasteiger charge is 2.31. The van der Waals surface area contributed by atoms with Gasteiger partial charge in [-0.25, -0.2) is 18.1 Å². The Morgan fingerprint density at radius 3 is 2.95 bits per heavy atom. The summed E-state index contributed by atoms with van der Waals surface area (Å²) in [6, 6.07) is 3.04. The number of pyridine rings is 1. The number of hydrogen-bond donors (Lipinski definition) is 2. The van der Waals surface area contributed by atoms with Gasteiger partial charge in [0.25, 0.3) is 0 Å². The first kappa shape index (κ1) is 14.6. The fraction of sp³-hybridized carbons (Fsp3) is 0.583. The minimum Gasteiger partial charge on any atom is -0.373 e. The number of nitrogens with one attached hydrogen (secondary N) is 2. The number of sulfonamides is 1. The monoisotopic (exact) mass is 301 g/mol. The number of rotatable bonds is 5. The van der Waals surface area contributed by atoms with E-state index in [1.807, 2.05) is 11.8 Å². The van der Waals surface area contributed by atoms with Crippen LogP contribution in [0.4, 0.5) is 5.82 Å². The van der Waals surface area contributed by atoms with E-state index in [-0.39, 0.29) is 9.64 Å². The Balaban J connectivity index is 2.09. The van der Waals surface area contributed by atoms with Crippen LogP contribution in [-0.2, 0) is 10.0 Å². The molecule has 7 heteroatoms. The molecule has 1 saturated heterocycles. The topological polar surface area (TPSA) is 71.1 Å². The van der Waals surface area contributed by atoms with Gasteiger partial charge in [-0.05, 0) is 31.6 Å². The molecule has 106 valence electrons. The van der Waals surface area contributed by atoms with Crippen molar-refractivity contribution in [1.29, 1.82) is 0 Å². The maximum atomic E-state index is 12.2. The molecule has 1 fully saturated rings. The van der Waals surface area contributed by atoms with Gasteiger partial charge >= 0.3 is 0 Å². The molecular weight excluding hydrogens is 282 g/mol. The molecule has 2 N–H and O–H groups in total. The molecule has 1 unspecified atom stereocenters. The molecular formula is C12H19N3O2S2. The van der Waals surface area contributed by atoms with E-state index in [2.05, 4.69) is 21.9 Å². The fourth-order valence-corrected chi connectivity index (χ4v) is 4.54. The molecule has 5 nitrogen and oxygen atoms in total. The van der Waals surface area contributed by atoms with Gasteiger partial charge in [-0.1, -0.05) is 0 Å². The summed E-state index contributed by atoms with van der Waals surface area (Å²) in [5, 5.41) is 2.84. The highest BCUT2D eigenvalue weighted by molar-refractivity contribution is 8.01. The Morgan fingerprint density at radius 2 is 2.32 bits per heavy atom. The molecule has 1 aromatic rings. The van der Waals surface area contributed by atoms with Crippen LogP contribution in [-0.4, -0.2) is 37.5 Å². The number of anilines is 1. The van der Waals surface area contributed by atoms with E-state index >= 15 is 0 Å². The Labute approximate surface area is 118 Å². The molecule has 2 heterocycles. The minimum absolute atomic E-state index is 0.0198. The van der Waals surface area contributed by atoms with Crippen molar-refractivity contribution in [2.24, 2.45) is 0 Å². The number of hydrogen-bond acceptors (Lipinski definition) is 5. The zero-order chi connectivity index (χ0) is 13.9. The predicted octanol–water partition coefficient (Wildman–Crippen LogP) is 1.69. The van der Waals surface area contributed by atoms with Gasteiger partial charge in [-0.3, -0.25) is 0 Å².